The Morgan fingerprint density at radius 3 is 2.67 bits per heavy atom. The highest BCUT2D eigenvalue weighted by atomic mass is 16.5. The zero-order chi connectivity index (χ0) is 23.1. The quantitative estimate of drug-likeness (QED) is 0.733. The minimum atomic E-state index is -0.831. The van der Waals surface area contributed by atoms with Crippen LogP contribution in [0.25, 0.3) is 0 Å². The predicted octanol–water partition coefficient (Wildman–Crippen LogP) is 4.38. The summed E-state index contributed by atoms with van der Waals surface area (Å²) < 4.78 is 13.0. The van der Waals surface area contributed by atoms with Crippen molar-refractivity contribution in [3.63, 3.8) is 0 Å². The van der Waals surface area contributed by atoms with Crippen molar-refractivity contribution in [2.45, 2.75) is 62.7 Å². The zero-order valence-electron chi connectivity index (χ0n) is 19.0. The lowest BCUT2D eigenvalue weighted by atomic mass is 9.68. The molecule has 6 heteroatoms. The molecule has 0 aliphatic carbocycles. The Labute approximate surface area is 194 Å². The Morgan fingerprint density at radius 1 is 1.12 bits per heavy atom. The van der Waals surface area contributed by atoms with E-state index in [1.54, 1.807) is 0 Å². The van der Waals surface area contributed by atoms with Crippen LogP contribution in [-0.2, 0) is 20.7 Å². The predicted molar refractivity (Wildman–Crippen MR) is 123 cm³/mol. The van der Waals surface area contributed by atoms with E-state index in [1.807, 2.05) is 66.4 Å². The van der Waals surface area contributed by atoms with Gasteiger partial charge < -0.3 is 19.5 Å². The van der Waals surface area contributed by atoms with Crippen LogP contribution in [0.4, 0.5) is 0 Å². The van der Waals surface area contributed by atoms with Crippen molar-refractivity contribution >= 4 is 11.9 Å². The SMILES string of the molecule is C[C@@]1(CCC(=O)O)Oc2ccccc2[C@@H]2OC[C@]3(CCCN3C(=O)Cc3ccccc3)C[C@H]21. The third-order valence-electron chi connectivity index (χ3n) is 7.78. The van der Waals surface area contributed by atoms with Gasteiger partial charge in [-0.05, 0) is 44.2 Å². The molecule has 3 aliphatic rings. The molecule has 0 saturated carbocycles. The summed E-state index contributed by atoms with van der Waals surface area (Å²) in [4.78, 5) is 26.8. The fraction of sp³-hybridized carbons (Fsp3) is 0.481. The summed E-state index contributed by atoms with van der Waals surface area (Å²) in [6, 6.07) is 17.7. The molecule has 6 nitrogen and oxygen atoms in total. The first-order chi connectivity index (χ1) is 15.9. The summed E-state index contributed by atoms with van der Waals surface area (Å²) in [5, 5.41) is 9.37. The van der Waals surface area contributed by atoms with Crippen molar-refractivity contribution in [3.8, 4) is 5.75 Å². The molecule has 174 valence electrons. The topological polar surface area (TPSA) is 76.1 Å². The van der Waals surface area contributed by atoms with Crippen LogP contribution >= 0.6 is 0 Å². The Hall–Kier alpha value is -2.86. The second-order valence-electron chi connectivity index (χ2n) is 9.92. The number of ether oxygens (including phenoxy) is 2. The fourth-order valence-electron chi connectivity index (χ4n) is 6.06. The number of benzene rings is 2. The standard InChI is InChI=1S/C27H31NO5/c1-26(14-12-24(30)31)21-17-27(18-32-25(21)20-10-5-6-11-22(20)33-26)13-7-15-28(27)23(29)16-19-8-3-2-4-9-19/h2-6,8-11,21,25H,7,12-18H2,1H3,(H,30,31)/t21-,25+,26+,27+/m1/s1. The smallest absolute Gasteiger partial charge is 0.303 e. The molecule has 1 amide bonds. The van der Waals surface area contributed by atoms with Gasteiger partial charge in [0.05, 0.1) is 24.7 Å². The van der Waals surface area contributed by atoms with E-state index in [0.29, 0.717) is 19.4 Å². The summed E-state index contributed by atoms with van der Waals surface area (Å²) in [5.41, 5.74) is 0.986. The highest BCUT2D eigenvalue weighted by Gasteiger charge is 2.57. The third kappa shape index (κ3) is 4.01. The Kier molecular flexibility index (Phi) is 5.65. The molecule has 0 unspecified atom stereocenters. The van der Waals surface area contributed by atoms with Crippen LogP contribution in [-0.4, -0.2) is 46.2 Å². The van der Waals surface area contributed by atoms with Crippen LogP contribution in [0.5, 0.6) is 5.75 Å². The number of carboxylic acid groups (broad SMARTS) is 1. The molecule has 5 rings (SSSR count). The number of hydrogen-bond acceptors (Lipinski definition) is 4. The summed E-state index contributed by atoms with van der Waals surface area (Å²) >= 11 is 0. The molecule has 1 N–H and O–H groups in total. The highest BCUT2D eigenvalue weighted by Crippen LogP contribution is 2.55. The number of likely N-dealkylation sites (tertiary alicyclic amines) is 1. The van der Waals surface area contributed by atoms with Crippen LogP contribution in [0.1, 0.15) is 56.3 Å². The molecule has 2 aromatic rings. The van der Waals surface area contributed by atoms with E-state index in [-0.39, 0.29) is 29.9 Å². The molecule has 0 bridgehead atoms. The minimum absolute atomic E-state index is 0.0333. The van der Waals surface area contributed by atoms with Gasteiger partial charge in [0.1, 0.15) is 11.4 Å². The van der Waals surface area contributed by atoms with E-state index in [2.05, 4.69) is 0 Å². The zero-order valence-corrected chi connectivity index (χ0v) is 19.0. The molecule has 0 radical (unpaired) electrons. The summed E-state index contributed by atoms with van der Waals surface area (Å²) in [5.74, 6) is 0.0315. The minimum Gasteiger partial charge on any atom is -0.487 e. The van der Waals surface area contributed by atoms with Gasteiger partial charge in [-0.2, -0.15) is 0 Å². The van der Waals surface area contributed by atoms with E-state index < -0.39 is 11.6 Å². The lowest BCUT2D eigenvalue weighted by Gasteiger charge is -2.54. The van der Waals surface area contributed by atoms with E-state index in [9.17, 15) is 14.7 Å². The molecule has 3 heterocycles. The summed E-state index contributed by atoms with van der Waals surface area (Å²) in [6.07, 6.45) is 3.25. The fourth-order valence-corrected chi connectivity index (χ4v) is 6.06. The highest BCUT2D eigenvalue weighted by molar-refractivity contribution is 5.80. The number of carbonyl (C=O) groups is 2. The van der Waals surface area contributed by atoms with Gasteiger partial charge in [0.2, 0.25) is 5.91 Å². The van der Waals surface area contributed by atoms with Crippen LogP contribution in [0, 0.1) is 5.92 Å². The molecular formula is C27H31NO5. The molecule has 2 fully saturated rings. The number of hydrogen-bond donors (Lipinski definition) is 1. The average Bonchev–Trinajstić information content (AvgIpc) is 3.21. The van der Waals surface area contributed by atoms with Crippen molar-refractivity contribution < 1.29 is 24.2 Å². The van der Waals surface area contributed by atoms with E-state index in [4.69, 9.17) is 9.47 Å². The van der Waals surface area contributed by atoms with Gasteiger partial charge >= 0.3 is 5.97 Å². The monoisotopic (exact) mass is 449 g/mol. The van der Waals surface area contributed by atoms with Crippen LogP contribution in [0.15, 0.2) is 54.6 Å². The van der Waals surface area contributed by atoms with Gasteiger partial charge in [0, 0.05) is 24.4 Å². The van der Waals surface area contributed by atoms with E-state index >= 15 is 0 Å². The number of rotatable bonds is 5. The van der Waals surface area contributed by atoms with Crippen molar-refractivity contribution in [2.24, 2.45) is 5.92 Å². The lowest BCUT2D eigenvalue weighted by molar-refractivity contribution is -0.179. The first-order valence-corrected chi connectivity index (χ1v) is 11.9. The largest absolute Gasteiger partial charge is 0.487 e. The first kappa shape index (κ1) is 22.0. The molecule has 4 atom stereocenters. The number of carbonyl (C=O) groups excluding carboxylic acids is 1. The van der Waals surface area contributed by atoms with Gasteiger partial charge in [-0.3, -0.25) is 9.59 Å². The van der Waals surface area contributed by atoms with Crippen LogP contribution in [0.2, 0.25) is 0 Å². The van der Waals surface area contributed by atoms with Crippen molar-refractivity contribution in [1.29, 1.82) is 0 Å². The van der Waals surface area contributed by atoms with Crippen LogP contribution < -0.4 is 4.74 Å². The third-order valence-corrected chi connectivity index (χ3v) is 7.78. The maximum Gasteiger partial charge on any atom is 0.303 e. The Morgan fingerprint density at radius 2 is 1.88 bits per heavy atom. The molecule has 0 aromatic heterocycles. The number of nitrogens with zero attached hydrogens (tertiary/aromatic N) is 1. The molecule has 2 aromatic carbocycles. The first-order valence-electron chi connectivity index (χ1n) is 11.9. The summed E-state index contributed by atoms with van der Waals surface area (Å²) in [6.45, 7) is 3.24. The van der Waals surface area contributed by atoms with Crippen LogP contribution in [0.3, 0.4) is 0 Å². The Balaban J connectivity index is 1.44. The number of carboxylic acids is 1. The normalized spacial score (nSPS) is 30.4. The molecule has 1 spiro atoms. The molecular weight excluding hydrogens is 418 g/mol. The van der Waals surface area contributed by atoms with Gasteiger partial charge in [-0.25, -0.2) is 0 Å². The molecule has 33 heavy (non-hydrogen) atoms. The summed E-state index contributed by atoms with van der Waals surface area (Å²) in [7, 11) is 0. The van der Waals surface area contributed by atoms with Gasteiger partial charge in [-0.1, -0.05) is 48.5 Å². The second kappa shape index (κ2) is 8.49. The van der Waals surface area contributed by atoms with Gasteiger partial charge in [-0.15, -0.1) is 0 Å². The maximum absolute atomic E-state index is 13.4. The second-order valence-corrected chi connectivity index (χ2v) is 9.92. The Bertz CT molecular complexity index is 1040. The number of amides is 1. The number of fused-ring (bicyclic) bond motifs is 3. The van der Waals surface area contributed by atoms with Crippen molar-refractivity contribution in [3.05, 3.63) is 65.7 Å². The average molecular weight is 450 g/mol. The van der Waals surface area contributed by atoms with Gasteiger partial charge in [0.25, 0.3) is 0 Å². The maximum atomic E-state index is 13.4. The van der Waals surface area contributed by atoms with Gasteiger partial charge in [0.15, 0.2) is 0 Å². The van der Waals surface area contributed by atoms with E-state index in [0.717, 1.165) is 42.7 Å². The molecule has 2 saturated heterocycles. The number of aliphatic carboxylic acids is 1. The van der Waals surface area contributed by atoms with E-state index in [1.165, 1.54) is 0 Å². The molecule has 3 aliphatic heterocycles. The number of para-hydroxylation sites is 1. The van der Waals surface area contributed by atoms with Crippen molar-refractivity contribution in [1.82, 2.24) is 4.90 Å². The van der Waals surface area contributed by atoms with Crippen molar-refractivity contribution in [2.75, 3.05) is 13.2 Å². The lowest BCUT2D eigenvalue weighted by Crippen LogP contribution is -2.60.